The fourth-order valence-electron chi connectivity index (χ4n) is 3.28. The summed E-state index contributed by atoms with van der Waals surface area (Å²) < 4.78 is 24.2. The Morgan fingerprint density at radius 2 is 1.79 bits per heavy atom. The van der Waals surface area contributed by atoms with Gasteiger partial charge in [0, 0.05) is 11.3 Å². The van der Waals surface area contributed by atoms with Gasteiger partial charge in [0.1, 0.15) is 28.4 Å². The number of nitrogens with one attached hydrogen (secondary N) is 1. The van der Waals surface area contributed by atoms with Crippen molar-refractivity contribution in [2.24, 2.45) is 0 Å². The lowest BCUT2D eigenvalue weighted by Gasteiger charge is -2.03. The Morgan fingerprint density at radius 3 is 2.55 bits per heavy atom. The third-order valence-electron chi connectivity index (χ3n) is 4.98. The summed E-state index contributed by atoms with van der Waals surface area (Å²) in [6, 6.07) is 20.0. The van der Waals surface area contributed by atoms with Gasteiger partial charge in [0.05, 0.1) is 17.8 Å². The second kappa shape index (κ2) is 8.40. The molecule has 7 nitrogen and oxygen atoms in total. The summed E-state index contributed by atoms with van der Waals surface area (Å²) in [5.74, 6) is 0.289. The second-order valence-electron chi connectivity index (χ2n) is 7.14. The number of carbonyl (C=O) groups is 1. The normalized spacial score (nSPS) is 11.0. The molecule has 5 aromatic rings. The number of hydrogen-bond donors (Lipinski definition) is 1. The van der Waals surface area contributed by atoms with E-state index >= 15 is 0 Å². The van der Waals surface area contributed by atoms with Crippen LogP contribution in [0.1, 0.15) is 10.6 Å². The van der Waals surface area contributed by atoms with Gasteiger partial charge in [-0.25, -0.2) is 4.39 Å². The van der Waals surface area contributed by atoms with Crippen molar-refractivity contribution in [2.75, 3.05) is 12.4 Å². The summed E-state index contributed by atoms with van der Waals surface area (Å²) >= 11 is 5.83. The number of rotatable bonds is 5. The first-order valence-electron chi connectivity index (χ1n) is 9.88. The van der Waals surface area contributed by atoms with Crippen molar-refractivity contribution in [3.05, 3.63) is 89.4 Å². The summed E-state index contributed by atoms with van der Waals surface area (Å²) in [7, 11) is 1.60. The third kappa shape index (κ3) is 4.16. The van der Waals surface area contributed by atoms with E-state index in [1.807, 2.05) is 24.3 Å². The standard InChI is InChI=1S/C24H16ClFN4O3/c1-32-17-6-4-16(5-7-17)30-28-20-9-3-15(13-21(20)29-30)27-24(31)23-11-10-22(33-23)14-2-8-19(26)18(25)12-14/h2-13H,1H3,(H,27,31). The monoisotopic (exact) mass is 462 g/mol. The third-order valence-corrected chi connectivity index (χ3v) is 5.27. The van der Waals surface area contributed by atoms with Crippen LogP contribution in [0.4, 0.5) is 10.1 Å². The van der Waals surface area contributed by atoms with E-state index in [4.69, 9.17) is 20.8 Å². The molecule has 1 amide bonds. The summed E-state index contributed by atoms with van der Waals surface area (Å²) in [5.41, 5.74) is 3.18. The minimum Gasteiger partial charge on any atom is -0.497 e. The summed E-state index contributed by atoms with van der Waals surface area (Å²) in [5, 5.41) is 11.7. The Morgan fingerprint density at radius 1 is 1.00 bits per heavy atom. The molecule has 1 N–H and O–H groups in total. The highest BCUT2D eigenvalue weighted by Crippen LogP contribution is 2.27. The molecule has 0 bridgehead atoms. The molecule has 2 heterocycles. The average Bonchev–Trinajstić information content (AvgIpc) is 3.48. The number of benzene rings is 3. The molecule has 0 saturated carbocycles. The summed E-state index contributed by atoms with van der Waals surface area (Å²) in [4.78, 5) is 14.2. The minimum absolute atomic E-state index is 0.0223. The van der Waals surface area contributed by atoms with Gasteiger partial charge in [-0.15, -0.1) is 10.2 Å². The minimum atomic E-state index is -0.524. The number of furan rings is 1. The van der Waals surface area contributed by atoms with Gasteiger partial charge in [-0.2, -0.15) is 4.80 Å². The van der Waals surface area contributed by atoms with Gasteiger partial charge in [0.2, 0.25) is 0 Å². The van der Waals surface area contributed by atoms with Gasteiger partial charge in [0.25, 0.3) is 5.91 Å². The lowest BCUT2D eigenvalue weighted by molar-refractivity contribution is 0.0997. The van der Waals surface area contributed by atoms with E-state index in [0.717, 1.165) is 11.4 Å². The quantitative estimate of drug-likeness (QED) is 0.360. The summed E-state index contributed by atoms with van der Waals surface area (Å²) in [6.45, 7) is 0. The number of hydrogen-bond acceptors (Lipinski definition) is 5. The van der Waals surface area contributed by atoms with E-state index in [2.05, 4.69) is 15.5 Å². The van der Waals surface area contributed by atoms with Crippen LogP contribution in [-0.4, -0.2) is 28.0 Å². The number of methoxy groups -OCH3 is 1. The number of carbonyl (C=O) groups excluding carboxylic acids is 1. The molecular weight excluding hydrogens is 447 g/mol. The van der Waals surface area contributed by atoms with Crippen LogP contribution in [0.15, 0.2) is 77.2 Å². The molecule has 3 aromatic carbocycles. The van der Waals surface area contributed by atoms with E-state index in [1.165, 1.54) is 23.0 Å². The van der Waals surface area contributed by atoms with Crippen molar-refractivity contribution in [3.63, 3.8) is 0 Å². The molecule has 0 spiro atoms. The molecule has 0 aliphatic carbocycles. The Balaban J connectivity index is 1.35. The SMILES string of the molecule is COc1ccc(-n2nc3ccc(NC(=O)c4ccc(-c5ccc(F)c(Cl)c5)o4)cc3n2)cc1. The number of anilines is 1. The van der Waals surface area contributed by atoms with Gasteiger partial charge in [-0.3, -0.25) is 4.79 Å². The fraction of sp³-hybridized carbons (Fsp3) is 0.0417. The molecule has 0 saturated heterocycles. The molecule has 0 aliphatic rings. The Bertz CT molecular complexity index is 1480. The summed E-state index contributed by atoms with van der Waals surface area (Å²) in [6.07, 6.45) is 0. The van der Waals surface area contributed by atoms with Crippen LogP contribution < -0.4 is 10.1 Å². The predicted octanol–water partition coefficient (Wildman–Crippen LogP) is 5.73. The molecule has 0 fully saturated rings. The van der Waals surface area contributed by atoms with Crippen LogP contribution in [-0.2, 0) is 0 Å². The molecule has 0 unspecified atom stereocenters. The molecule has 2 aromatic heterocycles. The van der Waals surface area contributed by atoms with E-state index < -0.39 is 11.7 Å². The van der Waals surface area contributed by atoms with Crippen LogP contribution >= 0.6 is 11.6 Å². The van der Waals surface area contributed by atoms with Crippen molar-refractivity contribution in [1.29, 1.82) is 0 Å². The Labute approximate surface area is 192 Å². The molecule has 0 aliphatic heterocycles. The maximum absolute atomic E-state index is 13.4. The number of fused-ring (bicyclic) bond motifs is 1. The zero-order chi connectivity index (χ0) is 22.9. The van der Waals surface area contributed by atoms with E-state index in [9.17, 15) is 9.18 Å². The maximum atomic E-state index is 13.4. The van der Waals surface area contributed by atoms with Crippen LogP contribution in [0, 0.1) is 5.82 Å². The van der Waals surface area contributed by atoms with Gasteiger partial charge >= 0.3 is 0 Å². The molecule has 0 radical (unpaired) electrons. The highest BCUT2D eigenvalue weighted by Gasteiger charge is 2.14. The lowest BCUT2D eigenvalue weighted by Crippen LogP contribution is -2.10. The molecule has 33 heavy (non-hydrogen) atoms. The smallest absolute Gasteiger partial charge is 0.291 e. The molecule has 9 heteroatoms. The maximum Gasteiger partial charge on any atom is 0.291 e. The van der Waals surface area contributed by atoms with E-state index in [1.54, 1.807) is 37.4 Å². The Hall–Kier alpha value is -4.17. The van der Waals surface area contributed by atoms with Crippen LogP contribution in [0.5, 0.6) is 5.75 Å². The number of amides is 1. The van der Waals surface area contributed by atoms with E-state index in [-0.39, 0.29) is 10.8 Å². The number of nitrogens with zero attached hydrogens (tertiary/aromatic N) is 3. The number of ether oxygens (including phenoxy) is 1. The number of aromatic nitrogens is 3. The van der Waals surface area contributed by atoms with Gasteiger partial charge < -0.3 is 14.5 Å². The van der Waals surface area contributed by atoms with Crippen molar-refractivity contribution in [2.45, 2.75) is 0 Å². The largest absolute Gasteiger partial charge is 0.497 e. The Kier molecular flexibility index (Phi) is 5.27. The van der Waals surface area contributed by atoms with Crippen molar-refractivity contribution in [1.82, 2.24) is 15.0 Å². The number of halogens is 2. The van der Waals surface area contributed by atoms with Crippen LogP contribution in [0.2, 0.25) is 5.02 Å². The molecule has 0 atom stereocenters. The second-order valence-corrected chi connectivity index (χ2v) is 7.55. The molecular formula is C24H16ClFN4O3. The lowest BCUT2D eigenvalue weighted by atomic mass is 10.2. The van der Waals surface area contributed by atoms with Crippen molar-refractivity contribution >= 4 is 34.2 Å². The zero-order valence-electron chi connectivity index (χ0n) is 17.3. The van der Waals surface area contributed by atoms with Crippen molar-refractivity contribution in [3.8, 4) is 22.8 Å². The first-order valence-corrected chi connectivity index (χ1v) is 10.3. The van der Waals surface area contributed by atoms with Crippen LogP contribution in [0.3, 0.4) is 0 Å². The highest BCUT2D eigenvalue weighted by atomic mass is 35.5. The van der Waals surface area contributed by atoms with Crippen LogP contribution in [0.25, 0.3) is 28.0 Å². The topological polar surface area (TPSA) is 82.2 Å². The highest BCUT2D eigenvalue weighted by molar-refractivity contribution is 6.31. The fourth-order valence-corrected chi connectivity index (χ4v) is 3.46. The van der Waals surface area contributed by atoms with Gasteiger partial charge in [-0.1, -0.05) is 11.6 Å². The first kappa shape index (κ1) is 20.7. The van der Waals surface area contributed by atoms with Gasteiger partial charge in [-0.05, 0) is 72.8 Å². The average molecular weight is 463 g/mol. The zero-order valence-corrected chi connectivity index (χ0v) is 18.0. The van der Waals surface area contributed by atoms with E-state index in [0.29, 0.717) is 28.0 Å². The molecule has 5 rings (SSSR count). The van der Waals surface area contributed by atoms with Gasteiger partial charge in [0.15, 0.2) is 5.76 Å². The predicted molar refractivity (Wildman–Crippen MR) is 122 cm³/mol. The molecule has 164 valence electrons. The first-order chi connectivity index (χ1) is 16.0. The van der Waals surface area contributed by atoms with Crippen molar-refractivity contribution < 1.29 is 18.3 Å².